The molecule has 8 atom stereocenters. The highest BCUT2D eigenvalue weighted by Crippen LogP contribution is 2.60. The van der Waals surface area contributed by atoms with Gasteiger partial charge in [0, 0.05) is 19.0 Å². The molecule has 75 heavy (non-hydrogen) atoms. The van der Waals surface area contributed by atoms with Crippen LogP contribution in [0, 0.1) is 0 Å². The summed E-state index contributed by atoms with van der Waals surface area (Å²) < 4.78 is 56.5. The summed E-state index contributed by atoms with van der Waals surface area (Å²) >= 11 is 0. The largest absolute Gasteiger partial charge is 0.481 e. The zero-order valence-electron chi connectivity index (χ0n) is 43.7. The van der Waals surface area contributed by atoms with Crippen LogP contribution in [-0.4, -0.2) is 96.9 Å². The third kappa shape index (κ3) is 33.2. The smallest absolute Gasteiger partial charge is 0.462 e. The van der Waals surface area contributed by atoms with Crippen LogP contribution < -0.4 is 11.4 Å². The molecule has 7 N–H and O–H groups in total. The van der Waals surface area contributed by atoms with Crippen LogP contribution in [0.1, 0.15) is 142 Å². The number of aliphatic hydroxyl groups excluding tert-OH is 3. The molecule has 1 aromatic rings. The molecular formula is C54H83N3O16P2. The average Bonchev–Trinajstić information content (AvgIpc) is 3.65. The topological polar surface area (TPSA) is 286 Å². The predicted molar refractivity (Wildman–Crippen MR) is 290 cm³/mol. The molecule has 1 aliphatic rings. The number of anilines is 1. The number of carbonyl (C=O) groups excluding carboxylic acids is 2. The van der Waals surface area contributed by atoms with Gasteiger partial charge in [-0.2, -0.15) is 9.29 Å². The normalized spacial score (nSPS) is 20.1. The fraction of sp³-hybridized carbons (Fsp3) is 0.556. The number of hydrogen-bond acceptors (Lipinski definition) is 16. The van der Waals surface area contributed by atoms with Crippen molar-refractivity contribution in [3.63, 3.8) is 0 Å². The molecule has 420 valence electrons. The SMILES string of the molecule is CC/C=C\C/C=C\C/C=C\C/C=C\C/C=C\C=C/C(O)CCC(=O)OC[C@H](COP(=O)(O)OP(=O)(O)OC[C@H]1O[C@@H](n2ccc(N)nc2=O)[C@H](O)[C@@H]1O)OC(=O)CCC/C=C\C/C=C\C/C=C\CCCCCCCC. The summed E-state index contributed by atoms with van der Waals surface area (Å²) in [7, 11) is -11.0. The average molecular weight is 1090 g/mol. The first-order chi connectivity index (χ1) is 36.1. The van der Waals surface area contributed by atoms with Gasteiger partial charge in [-0.15, -0.1) is 0 Å². The summed E-state index contributed by atoms with van der Waals surface area (Å²) in [6.07, 6.45) is 43.6. The van der Waals surface area contributed by atoms with Crippen molar-refractivity contribution in [3.05, 3.63) is 132 Å². The van der Waals surface area contributed by atoms with Gasteiger partial charge in [-0.05, 0) is 83.1 Å². The molecule has 0 bridgehead atoms. The number of nitrogens with two attached hydrogens (primary N) is 1. The number of nitrogens with zero attached hydrogens (tertiary/aromatic N) is 2. The number of rotatable bonds is 41. The van der Waals surface area contributed by atoms with Crippen molar-refractivity contribution >= 4 is 33.4 Å². The molecule has 21 heteroatoms. The molecule has 1 fully saturated rings. The van der Waals surface area contributed by atoms with Gasteiger partial charge in [0.05, 0.1) is 19.3 Å². The van der Waals surface area contributed by atoms with Crippen LogP contribution in [0.2, 0.25) is 0 Å². The van der Waals surface area contributed by atoms with Crippen LogP contribution in [0.3, 0.4) is 0 Å². The van der Waals surface area contributed by atoms with Crippen LogP contribution in [0.25, 0.3) is 0 Å². The van der Waals surface area contributed by atoms with Crippen molar-refractivity contribution in [2.24, 2.45) is 0 Å². The van der Waals surface area contributed by atoms with Gasteiger partial charge in [-0.25, -0.2) is 13.9 Å². The van der Waals surface area contributed by atoms with Crippen LogP contribution >= 0.6 is 15.6 Å². The van der Waals surface area contributed by atoms with Gasteiger partial charge in [0.1, 0.15) is 30.7 Å². The Morgan fingerprint density at radius 2 is 1.28 bits per heavy atom. The number of phosphoric ester groups is 2. The Morgan fingerprint density at radius 1 is 0.720 bits per heavy atom. The molecule has 0 amide bonds. The lowest BCUT2D eigenvalue weighted by Gasteiger charge is -2.21. The summed E-state index contributed by atoms with van der Waals surface area (Å²) in [6.45, 7) is 1.74. The second-order valence-corrected chi connectivity index (χ2v) is 20.5. The molecule has 19 nitrogen and oxygen atoms in total. The van der Waals surface area contributed by atoms with Crippen molar-refractivity contribution in [1.82, 2.24) is 9.55 Å². The minimum atomic E-state index is -5.50. The standard InChI is InChI=1S/C54H83N3O16P2/c1-3-5-7-9-11-13-15-17-19-21-23-25-27-29-31-33-35-37-50(60)71-46(42-68-49(59)39-38-45(58)36-34-32-30-28-26-24-22-20-18-16-14-12-10-8-6-4-2)43-69-74(64,65)73-75(66,67)70-44-47-51(61)52(62)53(72-47)57-41-40-48(55)56-54(57)63/h6,8,12,14,17-20,23-26,29-32,34,36,40-41,45-47,51-53,58,61-62H,3-5,7,9-11,13,15-16,21-22,27-28,33,35,37-39,42-44H2,1-2H3,(H,64,65)(H,66,67)(H2,55,56,63)/b8-6-,14-12-,19-17-,20-18-,25-23-,26-24-,31-29-,32-30-,36-34-/t45?,46-,47-,51-,52-,53-/m1/s1. The molecule has 1 aliphatic heterocycles. The molecule has 1 aromatic heterocycles. The van der Waals surface area contributed by atoms with Gasteiger partial charge in [0.25, 0.3) is 0 Å². The fourth-order valence-electron chi connectivity index (χ4n) is 6.91. The van der Waals surface area contributed by atoms with Crippen LogP contribution in [0.15, 0.2) is 126 Å². The Morgan fingerprint density at radius 3 is 1.89 bits per heavy atom. The van der Waals surface area contributed by atoms with Gasteiger partial charge >= 0.3 is 33.3 Å². The zero-order chi connectivity index (χ0) is 55.0. The third-order valence-electron chi connectivity index (χ3n) is 11.0. The van der Waals surface area contributed by atoms with Gasteiger partial charge in [-0.1, -0.05) is 155 Å². The quantitative estimate of drug-likeness (QED) is 0.0117. The lowest BCUT2D eigenvalue weighted by Crippen LogP contribution is -2.36. The zero-order valence-corrected chi connectivity index (χ0v) is 45.4. The first-order valence-electron chi connectivity index (χ1n) is 26.0. The number of allylic oxidation sites excluding steroid dienone is 17. The number of ether oxygens (including phenoxy) is 3. The Kier molecular flexibility index (Phi) is 36.0. The van der Waals surface area contributed by atoms with Gasteiger partial charge in [0.15, 0.2) is 12.3 Å². The van der Waals surface area contributed by atoms with E-state index < -0.39 is 89.8 Å². The first-order valence-corrected chi connectivity index (χ1v) is 29.0. The number of aromatic nitrogens is 2. The summed E-state index contributed by atoms with van der Waals surface area (Å²) in [5.41, 5.74) is 4.56. The fourth-order valence-corrected chi connectivity index (χ4v) is 9.02. The number of aliphatic hydroxyl groups is 3. The minimum Gasteiger partial charge on any atom is -0.462 e. The van der Waals surface area contributed by atoms with Gasteiger partial charge in [-0.3, -0.25) is 23.2 Å². The van der Waals surface area contributed by atoms with Crippen molar-refractivity contribution in [3.8, 4) is 0 Å². The Labute approximate surface area is 443 Å². The molecule has 3 unspecified atom stereocenters. The van der Waals surface area contributed by atoms with E-state index in [1.807, 2.05) is 24.3 Å². The molecule has 2 heterocycles. The maximum Gasteiger partial charge on any atom is 0.481 e. The first kappa shape index (κ1) is 66.5. The molecule has 2 rings (SSSR count). The Balaban J connectivity index is 1.88. The molecule has 0 aliphatic carbocycles. The van der Waals surface area contributed by atoms with Crippen LogP contribution in [0.5, 0.6) is 0 Å². The van der Waals surface area contributed by atoms with Crippen molar-refractivity contribution < 1.29 is 71.4 Å². The summed E-state index contributed by atoms with van der Waals surface area (Å²) in [4.78, 5) is 61.9. The second kappa shape index (κ2) is 40.6. The highest BCUT2D eigenvalue weighted by Gasteiger charge is 2.46. The molecule has 0 radical (unpaired) electrons. The van der Waals surface area contributed by atoms with E-state index >= 15 is 0 Å². The van der Waals surface area contributed by atoms with E-state index in [0.29, 0.717) is 19.3 Å². The van der Waals surface area contributed by atoms with Gasteiger partial charge in [0.2, 0.25) is 0 Å². The van der Waals surface area contributed by atoms with E-state index in [1.54, 1.807) is 12.2 Å². The van der Waals surface area contributed by atoms with E-state index in [1.165, 1.54) is 50.7 Å². The maximum atomic E-state index is 12.9. The van der Waals surface area contributed by atoms with Crippen molar-refractivity contribution in [2.75, 3.05) is 25.6 Å². The maximum absolute atomic E-state index is 12.9. The molecular weight excluding hydrogens is 1010 g/mol. The summed E-state index contributed by atoms with van der Waals surface area (Å²) in [5, 5.41) is 31.3. The van der Waals surface area contributed by atoms with Crippen LogP contribution in [-0.2, 0) is 46.3 Å². The monoisotopic (exact) mass is 1090 g/mol. The van der Waals surface area contributed by atoms with E-state index in [2.05, 4.69) is 90.0 Å². The number of esters is 2. The Hall–Kier alpha value is -4.62. The number of nitrogen functional groups attached to an aromatic ring is 1. The van der Waals surface area contributed by atoms with E-state index in [4.69, 9.17) is 29.0 Å². The second-order valence-electron chi connectivity index (χ2n) is 17.5. The number of phosphoric acid groups is 2. The predicted octanol–water partition coefficient (Wildman–Crippen LogP) is 9.97. The molecule has 1 saturated heterocycles. The number of unbranched alkanes of at least 4 members (excludes halogenated alkanes) is 7. The highest BCUT2D eigenvalue weighted by molar-refractivity contribution is 7.61. The van der Waals surface area contributed by atoms with Crippen molar-refractivity contribution in [2.45, 2.75) is 173 Å². The van der Waals surface area contributed by atoms with E-state index in [-0.39, 0.29) is 25.1 Å². The number of carbonyl (C=O) groups is 2. The van der Waals surface area contributed by atoms with Gasteiger partial charge < -0.3 is 45.1 Å². The third-order valence-corrected chi connectivity index (χ3v) is 13.6. The lowest BCUT2D eigenvalue weighted by atomic mass is 10.1. The molecule has 0 saturated carbocycles. The number of hydrogen-bond donors (Lipinski definition) is 6. The highest BCUT2D eigenvalue weighted by atomic mass is 31.3. The van der Waals surface area contributed by atoms with E-state index in [0.717, 1.165) is 55.7 Å². The van der Waals surface area contributed by atoms with Crippen molar-refractivity contribution in [1.29, 1.82) is 0 Å². The summed E-state index contributed by atoms with van der Waals surface area (Å²) in [6, 6.07) is 1.23. The Bertz CT molecular complexity index is 2200. The summed E-state index contributed by atoms with van der Waals surface area (Å²) in [5.74, 6) is -1.67. The minimum absolute atomic E-state index is 0.00816. The van der Waals surface area contributed by atoms with Crippen LogP contribution in [0.4, 0.5) is 5.82 Å². The molecule has 0 aromatic carbocycles. The van der Waals surface area contributed by atoms with E-state index in [9.17, 15) is 48.6 Å². The molecule has 0 spiro atoms. The lowest BCUT2D eigenvalue weighted by molar-refractivity contribution is -0.161.